The minimum absolute atomic E-state index is 0.0921. The van der Waals surface area contributed by atoms with Crippen LogP contribution in [0.1, 0.15) is 31.4 Å². The maximum absolute atomic E-state index is 11.2. The molecule has 2 N–H and O–H groups in total. The van der Waals surface area contributed by atoms with Crippen molar-refractivity contribution < 1.29 is 4.92 Å². The van der Waals surface area contributed by atoms with Crippen molar-refractivity contribution in [2.75, 3.05) is 18.0 Å². The van der Waals surface area contributed by atoms with Gasteiger partial charge in [-0.2, -0.15) is 0 Å². The molecule has 1 aliphatic heterocycles. The van der Waals surface area contributed by atoms with Gasteiger partial charge < -0.3 is 10.6 Å². The van der Waals surface area contributed by atoms with Crippen LogP contribution in [-0.4, -0.2) is 29.0 Å². The van der Waals surface area contributed by atoms with E-state index in [1.807, 2.05) is 6.92 Å². The van der Waals surface area contributed by atoms with Crippen molar-refractivity contribution in [2.45, 2.75) is 38.6 Å². The second-order valence-electron chi connectivity index (χ2n) is 4.97. The normalized spacial score (nSPS) is 19.5. The molecule has 104 valence electrons. The molecule has 1 aromatic heterocycles. The van der Waals surface area contributed by atoms with Crippen LogP contribution < -0.4 is 10.6 Å². The number of rotatable bonds is 4. The largest absolute Gasteiger partial charge is 0.348 e. The first kappa shape index (κ1) is 13.7. The maximum Gasteiger partial charge on any atom is 0.311 e. The van der Waals surface area contributed by atoms with Crippen molar-refractivity contribution in [3.8, 4) is 0 Å². The molecule has 1 aliphatic rings. The standard InChI is InChI=1S/C13H20N4O2/c1-10-5-6-12(17(18)19)13(15-10)16-9-3-2-4-11(16)7-8-14/h5-6,11H,2-4,7-9,14H2,1H3. The maximum atomic E-state index is 11.2. The Morgan fingerprint density at radius 2 is 2.32 bits per heavy atom. The van der Waals surface area contributed by atoms with Gasteiger partial charge in [0.2, 0.25) is 5.82 Å². The quantitative estimate of drug-likeness (QED) is 0.664. The Balaban J connectivity index is 2.37. The summed E-state index contributed by atoms with van der Waals surface area (Å²) in [4.78, 5) is 17.3. The molecule has 1 atom stereocenters. The molecule has 1 saturated heterocycles. The van der Waals surface area contributed by atoms with Crippen molar-refractivity contribution in [3.05, 3.63) is 27.9 Å². The molecule has 6 heteroatoms. The molecule has 0 bridgehead atoms. The summed E-state index contributed by atoms with van der Waals surface area (Å²) in [5.41, 5.74) is 6.54. The lowest BCUT2D eigenvalue weighted by molar-refractivity contribution is -0.384. The summed E-state index contributed by atoms with van der Waals surface area (Å²) in [5, 5.41) is 11.2. The van der Waals surface area contributed by atoms with Crippen LogP contribution in [0.4, 0.5) is 11.5 Å². The fourth-order valence-corrected chi connectivity index (χ4v) is 2.66. The zero-order chi connectivity index (χ0) is 13.8. The number of hydrogen-bond donors (Lipinski definition) is 1. The van der Waals surface area contributed by atoms with Gasteiger partial charge in [-0.1, -0.05) is 0 Å². The summed E-state index contributed by atoms with van der Waals surface area (Å²) in [6.45, 7) is 3.28. The summed E-state index contributed by atoms with van der Waals surface area (Å²) in [5.74, 6) is 0.503. The summed E-state index contributed by atoms with van der Waals surface area (Å²) >= 11 is 0. The monoisotopic (exact) mass is 264 g/mol. The molecule has 0 aliphatic carbocycles. The number of pyridine rings is 1. The Bertz CT molecular complexity index is 462. The summed E-state index contributed by atoms with van der Waals surface area (Å²) in [6.07, 6.45) is 4.09. The predicted octanol–water partition coefficient (Wildman–Crippen LogP) is 2.01. The van der Waals surface area contributed by atoms with E-state index >= 15 is 0 Å². The van der Waals surface area contributed by atoms with Gasteiger partial charge in [0.05, 0.1) is 4.92 Å². The highest BCUT2D eigenvalue weighted by molar-refractivity contribution is 5.59. The fraction of sp³-hybridized carbons (Fsp3) is 0.615. The molecule has 0 saturated carbocycles. The number of nitro groups is 1. The predicted molar refractivity (Wildman–Crippen MR) is 74.3 cm³/mol. The molecule has 1 fully saturated rings. The van der Waals surface area contributed by atoms with E-state index < -0.39 is 0 Å². The minimum Gasteiger partial charge on any atom is -0.348 e. The topological polar surface area (TPSA) is 85.3 Å². The third-order valence-corrected chi connectivity index (χ3v) is 3.59. The van der Waals surface area contributed by atoms with E-state index in [9.17, 15) is 10.1 Å². The van der Waals surface area contributed by atoms with Crippen molar-refractivity contribution >= 4 is 11.5 Å². The van der Waals surface area contributed by atoms with Gasteiger partial charge in [-0.25, -0.2) is 4.98 Å². The van der Waals surface area contributed by atoms with Crippen LogP contribution in [0.15, 0.2) is 12.1 Å². The van der Waals surface area contributed by atoms with Crippen LogP contribution >= 0.6 is 0 Å². The van der Waals surface area contributed by atoms with Crippen LogP contribution in [0, 0.1) is 17.0 Å². The van der Waals surface area contributed by atoms with Crippen LogP contribution in [0.3, 0.4) is 0 Å². The van der Waals surface area contributed by atoms with Crippen LogP contribution in [0.5, 0.6) is 0 Å². The average Bonchev–Trinajstić information content (AvgIpc) is 2.39. The molecule has 1 unspecified atom stereocenters. The fourth-order valence-electron chi connectivity index (χ4n) is 2.66. The highest BCUT2D eigenvalue weighted by atomic mass is 16.6. The van der Waals surface area contributed by atoms with Gasteiger partial charge in [-0.15, -0.1) is 0 Å². The van der Waals surface area contributed by atoms with Gasteiger partial charge >= 0.3 is 5.69 Å². The van der Waals surface area contributed by atoms with Crippen LogP contribution in [0.2, 0.25) is 0 Å². The van der Waals surface area contributed by atoms with E-state index in [2.05, 4.69) is 9.88 Å². The van der Waals surface area contributed by atoms with Crippen LogP contribution in [0.25, 0.3) is 0 Å². The van der Waals surface area contributed by atoms with Gasteiger partial charge in [0.25, 0.3) is 0 Å². The Labute approximate surface area is 112 Å². The van der Waals surface area contributed by atoms with E-state index in [1.165, 1.54) is 0 Å². The second-order valence-corrected chi connectivity index (χ2v) is 4.97. The number of anilines is 1. The third-order valence-electron chi connectivity index (χ3n) is 3.59. The molecular weight excluding hydrogens is 244 g/mol. The molecule has 2 heterocycles. The number of nitrogens with zero attached hydrogens (tertiary/aromatic N) is 3. The lowest BCUT2D eigenvalue weighted by Crippen LogP contribution is -2.41. The second kappa shape index (κ2) is 5.97. The van der Waals surface area contributed by atoms with Gasteiger partial charge in [-0.05, 0) is 45.2 Å². The third kappa shape index (κ3) is 3.01. The first-order chi connectivity index (χ1) is 9.13. The van der Waals surface area contributed by atoms with Gasteiger partial charge in [-0.3, -0.25) is 10.1 Å². The molecule has 0 spiro atoms. The molecule has 0 aromatic carbocycles. The Morgan fingerprint density at radius 3 is 3.00 bits per heavy atom. The SMILES string of the molecule is Cc1ccc([N+](=O)[O-])c(N2CCCCC2CCN)n1. The first-order valence-corrected chi connectivity index (χ1v) is 6.72. The van der Waals surface area contributed by atoms with E-state index in [0.29, 0.717) is 12.4 Å². The number of aryl methyl sites for hydroxylation is 1. The lowest BCUT2D eigenvalue weighted by Gasteiger charge is -2.36. The summed E-state index contributed by atoms with van der Waals surface area (Å²) in [7, 11) is 0. The van der Waals surface area contributed by atoms with E-state index in [-0.39, 0.29) is 16.7 Å². The van der Waals surface area contributed by atoms with E-state index in [1.54, 1.807) is 12.1 Å². The molecule has 2 rings (SSSR count). The highest BCUT2D eigenvalue weighted by Crippen LogP contribution is 2.32. The minimum atomic E-state index is -0.351. The Hall–Kier alpha value is -1.69. The number of aromatic nitrogens is 1. The summed E-state index contributed by atoms with van der Waals surface area (Å²) in [6, 6.07) is 3.50. The zero-order valence-corrected chi connectivity index (χ0v) is 11.2. The highest BCUT2D eigenvalue weighted by Gasteiger charge is 2.28. The van der Waals surface area contributed by atoms with Crippen molar-refractivity contribution in [1.29, 1.82) is 0 Å². The zero-order valence-electron chi connectivity index (χ0n) is 11.2. The van der Waals surface area contributed by atoms with Gasteiger partial charge in [0.1, 0.15) is 0 Å². The lowest BCUT2D eigenvalue weighted by atomic mass is 9.99. The first-order valence-electron chi connectivity index (χ1n) is 6.72. The van der Waals surface area contributed by atoms with Crippen LogP contribution in [-0.2, 0) is 0 Å². The average molecular weight is 264 g/mol. The molecule has 1 aromatic rings. The number of nitrogens with two attached hydrogens (primary N) is 1. The Kier molecular flexibility index (Phi) is 4.31. The smallest absolute Gasteiger partial charge is 0.311 e. The van der Waals surface area contributed by atoms with Crippen molar-refractivity contribution in [2.24, 2.45) is 5.73 Å². The van der Waals surface area contributed by atoms with Crippen molar-refractivity contribution in [1.82, 2.24) is 4.98 Å². The number of hydrogen-bond acceptors (Lipinski definition) is 5. The number of piperidine rings is 1. The molecule has 0 amide bonds. The molecule has 19 heavy (non-hydrogen) atoms. The molecule has 6 nitrogen and oxygen atoms in total. The molecule has 0 radical (unpaired) electrons. The summed E-state index contributed by atoms with van der Waals surface area (Å²) < 4.78 is 0. The van der Waals surface area contributed by atoms with Gasteiger partial charge in [0.15, 0.2) is 0 Å². The van der Waals surface area contributed by atoms with E-state index in [0.717, 1.165) is 37.9 Å². The Morgan fingerprint density at radius 1 is 1.53 bits per heavy atom. The van der Waals surface area contributed by atoms with E-state index in [4.69, 9.17) is 5.73 Å². The molecular formula is C13H20N4O2. The van der Waals surface area contributed by atoms with Gasteiger partial charge in [0, 0.05) is 24.3 Å². The van der Waals surface area contributed by atoms with Crippen molar-refractivity contribution in [3.63, 3.8) is 0 Å².